The average Bonchev–Trinajstić information content (AvgIpc) is 2.87. The lowest BCUT2D eigenvalue weighted by Gasteiger charge is -2.29. The summed E-state index contributed by atoms with van der Waals surface area (Å²) in [5.74, 6) is 0.118. The molecular weight excluding hydrogens is 264 g/mol. The fraction of sp³-hybridized carbons (Fsp3) is 0.176. The number of ketones is 1. The van der Waals surface area contributed by atoms with Crippen LogP contribution in [0, 0.1) is 12.1 Å². The summed E-state index contributed by atoms with van der Waals surface area (Å²) >= 11 is 0. The Morgan fingerprint density at radius 3 is 2.90 bits per heavy atom. The van der Waals surface area contributed by atoms with Crippen molar-refractivity contribution in [3.05, 3.63) is 60.2 Å². The SMILES string of the molecule is O=C1c2ccccc2N=C2N(c3c#cccc3)CC[C@@]12O. The van der Waals surface area contributed by atoms with Crippen LogP contribution in [-0.2, 0) is 0 Å². The minimum absolute atomic E-state index is 0.273. The van der Waals surface area contributed by atoms with E-state index in [9.17, 15) is 9.90 Å². The summed E-state index contributed by atoms with van der Waals surface area (Å²) < 4.78 is 0. The molecule has 4 rings (SSSR count). The average molecular weight is 276 g/mol. The standard InChI is InChI=1S/C17H12N2O2/c20-15-13-8-4-5-9-14(13)18-16-17(15,21)10-11-19(16)12-6-2-1-3-7-12/h1-2,4-6,8-9,21H,10-11H2/t17-/m1/s1. The second-order valence-corrected chi connectivity index (χ2v) is 5.22. The van der Waals surface area contributed by atoms with E-state index < -0.39 is 5.60 Å². The van der Waals surface area contributed by atoms with Crippen LogP contribution in [0.4, 0.5) is 11.4 Å². The number of aliphatic hydroxyl groups is 1. The van der Waals surface area contributed by atoms with Crippen molar-refractivity contribution in [1.82, 2.24) is 0 Å². The summed E-state index contributed by atoms with van der Waals surface area (Å²) in [5.41, 5.74) is 0.320. The number of carbonyl (C=O) groups excluding carboxylic acids is 1. The molecule has 2 heterocycles. The van der Waals surface area contributed by atoms with E-state index in [1.54, 1.807) is 24.3 Å². The van der Waals surface area contributed by atoms with Crippen LogP contribution in [0.1, 0.15) is 16.8 Å². The topological polar surface area (TPSA) is 52.9 Å². The van der Waals surface area contributed by atoms with Gasteiger partial charge in [-0.3, -0.25) is 4.79 Å². The largest absolute Gasteiger partial charge is 0.374 e. The van der Waals surface area contributed by atoms with Gasteiger partial charge in [-0.2, -0.15) is 0 Å². The highest BCUT2D eigenvalue weighted by Crippen LogP contribution is 2.38. The van der Waals surface area contributed by atoms with E-state index in [1.165, 1.54) is 0 Å². The molecule has 1 saturated heterocycles. The van der Waals surface area contributed by atoms with E-state index in [-0.39, 0.29) is 5.78 Å². The van der Waals surface area contributed by atoms with Gasteiger partial charge >= 0.3 is 0 Å². The van der Waals surface area contributed by atoms with E-state index in [4.69, 9.17) is 0 Å². The maximum atomic E-state index is 12.6. The van der Waals surface area contributed by atoms with Gasteiger partial charge in [0, 0.05) is 18.5 Å². The smallest absolute Gasteiger partial charge is 0.204 e. The molecule has 0 bridgehead atoms. The van der Waals surface area contributed by atoms with Crippen LogP contribution in [0.25, 0.3) is 0 Å². The summed E-state index contributed by atoms with van der Waals surface area (Å²) in [4.78, 5) is 19.0. The monoisotopic (exact) mass is 276 g/mol. The van der Waals surface area contributed by atoms with E-state index in [0.717, 1.165) is 5.69 Å². The van der Waals surface area contributed by atoms with Crippen molar-refractivity contribution in [2.45, 2.75) is 12.0 Å². The van der Waals surface area contributed by atoms with Crippen LogP contribution in [-0.4, -0.2) is 28.9 Å². The van der Waals surface area contributed by atoms with Gasteiger partial charge in [-0.15, -0.1) is 0 Å². The van der Waals surface area contributed by atoms with Crippen molar-refractivity contribution in [2.24, 2.45) is 4.99 Å². The lowest BCUT2D eigenvalue weighted by molar-refractivity contribution is 0.0602. The van der Waals surface area contributed by atoms with Gasteiger partial charge in [-0.1, -0.05) is 24.3 Å². The highest BCUT2D eigenvalue weighted by molar-refractivity contribution is 6.28. The lowest BCUT2D eigenvalue weighted by atomic mass is 9.88. The van der Waals surface area contributed by atoms with Crippen LogP contribution >= 0.6 is 0 Å². The molecule has 2 aliphatic heterocycles. The fourth-order valence-electron chi connectivity index (χ4n) is 2.92. The van der Waals surface area contributed by atoms with Crippen LogP contribution in [0.2, 0.25) is 0 Å². The lowest BCUT2D eigenvalue weighted by Crippen LogP contribution is -2.48. The van der Waals surface area contributed by atoms with Crippen LogP contribution in [0.15, 0.2) is 47.5 Å². The zero-order chi connectivity index (χ0) is 14.4. The minimum Gasteiger partial charge on any atom is -0.374 e. The van der Waals surface area contributed by atoms with Crippen LogP contribution in [0.3, 0.4) is 0 Å². The first-order valence-corrected chi connectivity index (χ1v) is 6.81. The molecule has 2 aliphatic rings. The van der Waals surface area contributed by atoms with Gasteiger partial charge in [0.25, 0.3) is 0 Å². The predicted octanol–water partition coefficient (Wildman–Crippen LogP) is 2.15. The van der Waals surface area contributed by atoms with Crippen molar-refractivity contribution >= 4 is 23.0 Å². The van der Waals surface area contributed by atoms with E-state index >= 15 is 0 Å². The molecule has 2 aromatic carbocycles. The molecular formula is C17H12N2O2. The first-order valence-electron chi connectivity index (χ1n) is 6.81. The number of amidine groups is 1. The number of anilines is 1. The molecule has 4 nitrogen and oxygen atoms in total. The van der Waals surface area contributed by atoms with Gasteiger partial charge in [-0.05, 0) is 30.3 Å². The Morgan fingerprint density at radius 1 is 1.24 bits per heavy atom. The molecule has 21 heavy (non-hydrogen) atoms. The Kier molecular flexibility index (Phi) is 2.41. The van der Waals surface area contributed by atoms with Crippen molar-refractivity contribution in [2.75, 3.05) is 11.4 Å². The summed E-state index contributed by atoms with van der Waals surface area (Å²) in [6.07, 6.45) is 0.335. The number of carbonyl (C=O) groups is 1. The van der Waals surface area contributed by atoms with Crippen molar-refractivity contribution in [3.63, 3.8) is 0 Å². The maximum absolute atomic E-state index is 12.6. The Balaban J connectivity index is 1.88. The normalized spacial score (nSPS) is 23.2. The molecule has 102 valence electrons. The molecule has 0 spiro atoms. The van der Waals surface area contributed by atoms with Gasteiger partial charge in [0.2, 0.25) is 5.78 Å². The minimum atomic E-state index is -1.53. The molecule has 4 heteroatoms. The van der Waals surface area contributed by atoms with E-state index in [1.807, 2.05) is 23.1 Å². The highest BCUT2D eigenvalue weighted by Gasteiger charge is 2.52. The fourth-order valence-corrected chi connectivity index (χ4v) is 2.92. The van der Waals surface area contributed by atoms with Crippen LogP contribution < -0.4 is 4.90 Å². The molecule has 0 unspecified atom stereocenters. The predicted molar refractivity (Wildman–Crippen MR) is 78.9 cm³/mol. The van der Waals surface area contributed by atoms with E-state index in [0.29, 0.717) is 30.1 Å². The Morgan fingerprint density at radius 2 is 2.10 bits per heavy atom. The zero-order valence-corrected chi connectivity index (χ0v) is 11.2. The first kappa shape index (κ1) is 12.1. The van der Waals surface area contributed by atoms with Crippen LogP contribution in [0.5, 0.6) is 0 Å². The summed E-state index contributed by atoms with van der Waals surface area (Å²) in [7, 11) is 0. The summed E-state index contributed by atoms with van der Waals surface area (Å²) in [5, 5.41) is 10.8. The van der Waals surface area contributed by atoms with Gasteiger partial charge in [0.05, 0.1) is 11.4 Å². The molecule has 2 aromatic rings. The number of Topliss-reactive ketones (excluding diaryl/α,β-unsaturated/α-hetero) is 1. The summed E-state index contributed by atoms with van der Waals surface area (Å²) in [6.45, 7) is 0.531. The maximum Gasteiger partial charge on any atom is 0.204 e. The van der Waals surface area contributed by atoms with E-state index in [2.05, 4.69) is 17.1 Å². The number of fused-ring (bicyclic) bond motifs is 2. The quantitative estimate of drug-likeness (QED) is 0.868. The summed E-state index contributed by atoms with van der Waals surface area (Å²) in [6, 6.07) is 18.5. The number of nitrogens with zero attached hydrogens (tertiary/aromatic N) is 2. The highest BCUT2D eigenvalue weighted by atomic mass is 16.3. The number of benzene rings is 1. The number of para-hydroxylation sites is 1. The number of rotatable bonds is 1. The van der Waals surface area contributed by atoms with Gasteiger partial charge in [0.1, 0.15) is 0 Å². The molecule has 0 amide bonds. The molecule has 0 aliphatic carbocycles. The van der Waals surface area contributed by atoms with Gasteiger partial charge in [0.15, 0.2) is 11.4 Å². The van der Waals surface area contributed by atoms with Gasteiger partial charge < -0.3 is 10.0 Å². The Labute approximate surface area is 122 Å². The Hall–Kier alpha value is -2.64. The number of hydrogen-bond acceptors (Lipinski definition) is 4. The van der Waals surface area contributed by atoms with Crippen molar-refractivity contribution in [3.8, 4) is 0 Å². The number of aliphatic imine (C=N–C) groups is 1. The molecule has 1 N–H and O–H groups in total. The Bertz CT molecular complexity index is 754. The van der Waals surface area contributed by atoms with Crippen molar-refractivity contribution in [1.29, 1.82) is 0 Å². The van der Waals surface area contributed by atoms with Crippen molar-refractivity contribution < 1.29 is 9.90 Å². The second kappa shape index (κ2) is 4.18. The third kappa shape index (κ3) is 1.61. The first-order chi connectivity index (χ1) is 10.2. The number of hydrogen-bond donors (Lipinski definition) is 1. The van der Waals surface area contributed by atoms with Gasteiger partial charge in [-0.25, -0.2) is 4.99 Å². The molecule has 0 radical (unpaired) electrons. The molecule has 0 saturated carbocycles. The molecule has 1 atom stereocenters. The molecule has 0 aromatic heterocycles. The second-order valence-electron chi connectivity index (χ2n) is 5.22. The zero-order valence-electron chi connectivity index (χ0n) is 11.2. The molecule has 1 fully saturated rings. The third-order valence-electron chi connectivity index (χ3n) is 4.00. The third-order valence-corrected chi connectivity index (χ3v) is 4.00.